The molecule has 0 radical (unpaired) electrons. The molecule has 1 heterocycles. The summed E-state index contributed by atoms with van der Waals surface area (Å²) in [4.78, 5) is 36.4. The van der Waals surface area contributed by atoms with E-state index < -0.39 is 34.5 Å². The highest BCUT2D eigenvalue weighted by atomic mass is 32.2. The molecule has 0 spiro atoms. The number of sulfonamides is 1. The SMILES string of the molecule is COc1ccc(C(=O)OCC(=O)NC(=O)Nc2ccc(C)cc2C)cc1S(=O)(=O)N1CCCC1. The Bertz CT molecular complexity index is 1210. The van der Waals surface area contributed by atoms with Crippen molar-refractivity contribution in [1.82, 2.24) is 9.62 Å². The van der Waals surface area contributed by atoms with Crippen molar-refractivity contribution in [2.45, 2.75) is 31.6 Å². The van der Waals surface area contributed by atoms with E-state index >= 15 is 0 Å². The number of urea groups is 1. The van der Waals surface area contributed by atoms with Gasteiger partial charge in [-0.1, -0.05) is 17.7 Å². The predicted octanol–water partition coefficient (Wildman–Crippen LogP) is 2.60. The molecule has 0 aromatic heterocycles. The van der Waals surface area contributed by atoms with Crippen LogP contribution in [0.5, 0.6) is 5.75 Å². The van der Waals surface area contributed by atoms with Gasteiger partial charge in [0.1, 0.15) is 10.6 Å². The van der Waals surface area contributed by atoms with Crippen LogP contribution in [0.3, 0.4) is 0 Å². The minimum absolute atomic E-state index is 0.0638. The number of imide groups is 1. The van der Waals surface area contributed by atoms with Gasteiger partial charge in [0.05, 0.1) is 12.7 Å². The third kappa shape index (κ3) is 5.91. The van der Waals surface area contributed by atoms with Gasteiger partial charge >= 0.3 is 12.0 Å². The van der Waals surface area contributed by atoms with E-state index in [0.29, 0.717) is 18.8 Å². The van der Waals surface area contributed by atoms with Crippen LogP contribution in [0.2, 0.25) is 0 Å². The molecule has 3 amide bonds. The second kappa shape index (κ2) is 10.7. The summed E-state index contributed by atoms with van der Waals surface area (Å²) in [6.45, 7) is 3.80. The average Bonchev–Trinajstić information content (AvgIpc) is 3.35. The summed E-state index contributed by atoms with van der Waals surface area (Å²) < 4.78 is 37.4. The van der Waals surface area contributed by atoms with Crippen LogP contribution in [0.15, 0.2) is 41.3 Å². The number of amides is 3. The normalized spacial score (nSPS) is 13.9. The lowest BCUT2D eigenvalue weighted by Gasteiger charge is -2.18. The molecule has 2 aromatic rings. The van der Waals surface area contributed by atoms with Gasteiger partial charge in [-0.25, -0.2) is 18.0 Å². The number of hydrogen-bond donors (Lipinski definition) is 2. The van der Waals surface area contributed by atoms with Crippen molar-refractivity contribution < 1.29 is 32.3 Å². The Morgan fingerprint density at radius 3 is 2.38 bits per heavy atom. The zero-order valence-electron chi connectivity index (χ0n) is 19.2. The zero-order valence-corrected chi connectivity index (χ0v) is 20.0. The Kier molecular flexibility index (Phi) is 7.90. The number of carbonyl (C=O) groups is 3. The standard InChI is InChI=1S/C23H27N3O7S/c1-15-6-8-18(16(2)12-15)24-23(29)25-21(27)14-33-22(28)17-7-9-19(32-3)20(13-17)34(30,31)26-10-4-5-11-26/h6-9,12-13H,4-5,10-11,14H2,1-3H3,(H2,24,25,27,29). The first-order valence-electron chi connectivity index (χ1n) is 10.6. The van der Waals surface area contributed by atoms with Gasteiger partial charge in [0.25, 0.3) is 5.91 Å². The number of carbonyl (C=O) groups excluding carboxylic acids is 3. The maximum atomic E-state index is 13.0. The molecule has 1 aliphatic rings. The van der Waals surface area contributed by atoms with E-state index in [1.165, 1.54) is 29.6 Å². The summed E-state index contributed by atoms with van der Waals surface area (Å²) in [5, 5.41) is 4.63. The summed E-state index contributed by atoms with van der Waals surface area (Å²) in [6, 6.07) is 8.51. The number of ether oxygens (including phenoxy) is 2. The molecular weight excluding hydrogens is 462 g/mol. The van der Waals surface area contributed by atoms with Gasteiger partial charge in [0.2, 0.25) is 10.0 Å². The van der Waals surface area contributed by atoms with Gasteiger partial charge in [-0.3, -0.25) is 10.1 Å². The molecule has 3 rings (SSSR count). The number of nitrogens with one attached hydrogen (secondary N) is 2. The van der Waals surface area contributed by atoms with Crippen LogP contribution in [0, 0.1) is 13.8 Å². The molecule has 1 fully saturated rings. The van der Waals surface area contributed by atoms with Gasteiger partial charge in [-0.15, -0.1) is 0 Å². The quantitative estimate of drug-likeness (QED) is 0.572. The molecule has 182 valence electrons. The van der Waals surface area contributed by atoms with Crippen LogP contribution < -0.4 is 15.4 Å². The van der Waals surface area contributed by atoms with Crippen LogP contribution in [0.25, 0.3) is 0 Å². The average molecular weight is 490 g/mol. The number of nitrogens with zero attached hydrogens (tertiary/aromatic N) is 1. The Labute approximate surface area is 198 Å². The summed E-state index contributed by atoms with van der Waals surface area (Å²) in [6.07, 6.45) is 1.52. The predicted molar refractivity (Wildman–Crippen MR) is 124 cm³/mol. The molecule has 1 aliphatic heterocycles. The smallest absolute Gasteiger partial charge is 0.338 e. The fourth-order valence-corrected chi connectivity index (χ4v) is 5.26. The van der Waals surface area contributed by atoms with Gasteiger partial charge < -0.3 is 14.8 Å². The second-order valence-corrected chi connectivity index (χ2v) is 9.78. The van der Waals surface area contributed by atoms with Gasteiger partial charge in [0, 0.05) is 18.8 Å². The largest absolute Gasteiger partial charge is 0.495 e. The molecule has 11 heteroatoms. The number of methoxy groups -OCH3 is 1. The van der Waals surface area contributed by atoms with Crippen molar-refractivity contribution in [2.75, 3.05) is 32.1 Å². The van der Waals surface area contributed by atoms with Crippen molar-refractivity contribution >= 4 is 33.6 Å². The van der Waals surface area contributed by atoms with Crippen LogP contribution in [0.1, 0.15) is 34.3 Å². The van der Waals surface area contributed by atoms with Gasteiger partial charge in [0.15, 0.2) is 6.61 Å². The molecule has 0 aliphatic carbocycles. The van der Waals surface area contributed by atoms with E-state index in [1.54, 1.807) is 6.07 Å². The molecule has 10 nitrogen and oxygen atoms in total. The molecule has 0 saturated carbocycles. The van der Waals surface area contributed by atoms with E-state index in [1.807, 2.05) is 26.0 Å². The number of benzene rings is 2. The van der Waals surface area contributed by atoms with Crippen LogP contribution >= 0.6 is 0 Å². The summed E-state index contributed by atoms with van der Waals surface area (Å²) in [5.74, 6) is -1.65. The van der Waals surface area contributed by atoms with Crippen molar-refractivity contribution in [2.24, 2.45) is 0 Å². The molecule has 34 heavy (non-hydrogen) atoms. The van der Waals surface area contributed by atoms with E-state index in [2.05, 4.69) is 10.6 Å². The third-order valence-corrected chi connectivity index (χ3v) is 7.22. The Hall–Kier alpha value is -3.44. The maximum absolute atomic E-state index is 13.0. The lowest BCUT2D eigenvalue weighted by Crippen LogP contribution is -2.37. The molecule has 0 bridgehead atoms. The highest BCUT2D eigenvalue weighted by Gasteiger charge is 2.31. The first-order chi connectivity index (χ1) is 16.1. The minimum atomic E-state index is -3.85. The van der Waals surface area contributed by atoms with Gasteiger partial charge in [-0.2, -0.15) is 4.31 Å². The molecule has 2 aromatic carbocycles. The van der Waals surface area contributed by atoms with Gasteiger partial charge in [-0.05, 0) is 56.5 Å². The van der Waals surface area contributed by atoms with Crippen molar-refractivity contribution in [1.29, 1.82) is 0 Å². The van der Waals surface area contributed by atoms with E-state index in [-0.39, 0.29) is 16.2 Å². The minimum Gasteiger partial charge on any atom is -0.495 e. The van der Waals surface area contributed by atoms with E-state index in [9.17, 15) is 22.8 Å². The summed E-state index contributed by atoms with van der Waals surface area (Å²) in [7, 11) is -2.52. The fourth-order valence-electron chi connectivity index (χ4n) is 3.56. The van der Waals surface area contributed by atoms with E-state index in [0.717, 1.165) is 24.0 Å². The summed E-state index contributed by atoms with van der Waals surface area (Å²) in [5.41, 5.74) is 2.33. The summed E-state index contributed by atoms with van der Waals surface area (Å²) >= 11 is 0. The van der Waals surface area contributed by atoms with Crippen LogP contribution in [-0.4, -0.2) is 57.4 Å². The van der Waals surface area contributed by atoms with Crippen LogP contribution in [-0.2, 0) is 19.6 Å². The number of hydrogen-bond acceptors (Lipinski definition) is 7. The number of esters is 1. The number of anilines is 1. The van der Waals surface area contributed by atoms with Crippen molar-refractivity contribution in [3.63, 3.8) is 0 Å². The lowest BCUT2D eigenvalue weighted by atomic mass is 10.1. The Morgan fingerprint density at radius 2 is 1.74 bits per heavy atom. The zero-order chi connectivity index (χ0) is 24.9. The Balaban J connectivity index is 1.62. The molecule has 1 saturated heterocycles. The topological polar surface area (TPSA) is 131 Å². The molecule has 0 unspecified atom stereocenters. The lowest BCUT2D eigenvalue weighted by molar-refractivity contribution is -0.123. The highest BCUT2D eigenvalue weighted by Crippen LogP contribution is 2.30. The maximum Gasteiger partial charge on any atom is 0.338 e. The highest BCUT2D eigenvalue weighted by molar-refractivity contribution is 7.89. The Morgan fingerprint density at radius 1 is 1.03 bits per heavy atom. The van der Waals surface area contributed by atoms with Crippen molar-refractivity contribution in [3.05, 3.63) is 53.1 Å². The molecule has 0 atom stereocenters. The van der Waals surface area contributed by atoms with Crippen molar-refractivity contribution in [3.8, 4) is 5.75 Å². The molecule has 2 N–H and O–H groups in total. The second-order valence-electron chi connectivity index (χ2n) is 7.87. The monoisotopic (exact) mass is 489 g/mol. The fraction of sp³-hybridized carbons (Fsp3) is 0.348. The first kappa shape index (κ1) is 25.2. The number of rotatable bonds is 7. The van der Waals surface area contributed by atoms with Crippen LogP contribution in [0.4, 0.5) is 10.5 Å². The number of aryl methyl sites for hydroxylation is 2. The third-order valence-electron chi connectivity index (χ3n) is 5.30. The van der Waals surface area contributed by atoms with E-state index in [4.69, 9.17) is 9.47 Å². The molecular formula is C23H27N3O7S. The first-order valence-corrected chi connectivity index (χ1v) is 12.1.